The maximum Gasteiger partial charge on any atom is 0.333 e. The van der Waals surface area contributed by atoms with Gasteiger partial charge in [0.2, 0.25) is 5.91 Å². The Morgan fingerprint density at radius 3 is 2.60 bits per heavy atom. The van der Waals surface area contributed by atoms with E-state index in [2.05, 4.69) is 32.2 Å². The van der Waals surface area contributed by atoms with Gasteiger partial charge in [0.1, 0.15) is 11.5 Å². The summed E-state index contributed by atoms with van der Waals surface area (Å²) in [6.07, 6.45) is 4.60. The number of halogens is 2. The lowest BCUT2D eigenvalue weighted by Gasteiger charge is -2.14. The van der Waals surface area contributed by atoms with E-state index in [0.29, 0.717) is 74.4 Å². The first-order valence-electron chi connectivity index (χ1n) is 13.2. The van der Waals surface area contributed by atoms with E-state index >= 15 is 0 Å². The van der Waals surface area contributed by atoms with Crippen LogP contribution < -0.4 is 11.1 Å². The Labute approximate surface area is 238 Å². The molecule has 10 nitrogen and oxygen atoms in total. The lowest BCUT2D eigenvalue weighted by molar-refractivity contribution is -0.125. The van der Waals surface area contributed by atoms with Crippen LogP contribution in [0.15, 0.2) is 79.6 Å². The monoisotopic (exact) mass is 568 g/mol. The maximum absolute atomic E-state index is 13.8. The van der Waals surface area contributed by atoms with Crippen molar-refractivity contribution >= 4 is 34.2 Å². The fourth-order valence-corrected chi connectivity index (χ4v) is 5.29. The summed E-state index contributed by atoms with van der Waals surface area (Å²) in [5, 5.41) is 15.1. The second kappa shape index (κ2) is 10.9. The number of hydrogen-bond donors (Lipinski definition) is 3. The molecule has 3 aromatic heterocycles. The molecule has 1 atom stereocenters. The van der Waals surface area contributed by atoms with Gasteiger partial charge in [0.25, 0.3) is 5.91 Å². The highest BCUT2D eigenvalue weighted by atomic mass is 19.3. The average Bonchev–Trinajstić information content (AvgIpc) is 3.77. The third kappa shape index (κ3) is 4.87. The summed E-state index contributed by atoms with van der Waals surface area (Å²) in [6, 6.07) is 16.0. The molecule has 12 heteroatoms. The van der Waals surface area contributed by atoms with Gasteiger partial charge in [-0.25, -0.2) is 9.67 Å². The Bertz CT molecular complexity index is 1800. The van der Waals surface area contributed by atoms with Crippen LogP contribution in [0.5, 0.6) is 0 Å². The highest BCUT2D eigenvalue weighted by Crippen LogP contribution is 2.40. The maximum atomic E-state index is 13.8. The van der Waals surface area contributed by atoms with Gasteiger partial charge in [-0.3, -0.25) is 14.7 Å². The number of benzene rings is 2. The fourth-order valence-electron chi connectivity index (χ4n) is 5.29. The molecule has 4 heterocycles. The first-order valence-corrected chi connectivity index (χ1v) is 13.2. The topological polar surface area (TPSA) is 135 Å². The smallest absolute Gasteiger partial charge is 0.333 e. The first-order chi connectivity index (χ1) is 20.3. The van der Waals surface area contributed by atoms with E-state index in [9.17, 15) is 18.4 Å². The lowest BCUT2D eigenvalue weighted by atomic mass is 9.96. The number of nitrogen functional groups attached to an aromatic ring is 1. The van der Waals surface area contributed by atoms with Crippen LogP contribution in [0.1, 0.15) is 34.9 Å². The summed E-state index contributed by atoms with van der Waals surface area (Å²) in [5.74, 6) is -0.527. The molecule has 2 aromatic carbocycles. The van der Waals surface area contributed by atoms with Crippen LogP contribution in [0.4, 0.5) is 20.3 Å². The second-order valence-electron chi connectivity index (χ2n) is 9.94. The van der Waals surface area contributed by atoms with Gasteiger partial charge in [-0.2, -0.15) is 19.0 Å². The molecule has 1 aliphatic heterocycles. The molecule has 1 fully saturated rings. The number of nitrogens with two attached hydrogens (primary N) is 1. The standard InChI is InChI=1S/C30H26F2N8O2/c1-2-23(41)39-13-12-19(15-39)25-22(16-40(38-25)30(31)32)21-14-34-28(33)24-26(36-37-27(21)24)17-8-10-18(11-9-17)29(42)35-20-6-4-3-5-7-20/h2-11,14,16,19,30H,1,12-13,15H2,(H2,33,34)(H,35,42)(H,36,37). The molecule has 1 aliphatic rings. The lowest BCUT2D eigenvalue weighted by Crippen LogP contribution is -2.26. The number of aromatic nitrogens is 5. The fraction of sp³-hybridized carbons (Fsp3) is 0.167. The molecule has 0 radical (unpaired) electrons. The Morgan fingerprint density at radius 1 is 1.12 bits per heavy atom. The first kappa shape index (κ1) is 26.8. The number of nitrogens with zero attached hydrogens (tertiary/aromatic N) is 5. The van der Waals surface area contributed by atoms with Gasteiger partial charge in [-0.05, 0) is 36.8 Å². The molecule has 1 saturated heterocycles. The Hall–Kier alpha value is -5.39. The summed E-state index contributed by atoms with van der Waals surface area (Å²) in [5.41, 5.74) is 10.5. The van der Waals surface area contributed by atoms with Crippen LogP contribution in [-0.2, 0) is 4.79 Å². The van der Waals surface area contributed by atoms with Crippen molar-refractivity contribution in [1.29, 1.82) is 0 Å². The van der Waals surface area contributed by atoms with Crippen molar-refractivity contribution in [3.63, 3.8) is 0 Å². The number of pyridine rings is 1. The van der Waals surface area contributed by atoms with Gasteiger partial charge in [0.05, 0.1) is 16.6 Å². The van der Waals surface area contributed by atoms with Crippen LogP contribution >= 0.6 is 0 Å². The molecule has 0 aliphatic carbocycles. The Balaban J connectivity index is 1.36. The molecule has 6 rings (SSSR count). The minimum absolute atomic E-state index is 0.204. The zero-order valence-electron chi connectivity index (χ0n) is 22.3. The molecule has 2 amide bonds. The minimum Gasteiger partial charge on any atom is -0.383 e. The Morgan fingerprint density at radius 2 is 1.88 bits per heavy atom. The van der Waals surface area contributed by atoms with E-state index in [1.165, 1.54) is 18.5 Å². The summed E-state index contributed by atoms with van der Waals surface area (Å²) >= 11 is 0. The van der Waals surface area contributed by atoms with Crippen LogP contribution in [0.3, 0.4) is 0 Å². The highest BCUT2D eigenvalue weighted by Gasteiger charge is 2.32. The number of rotatable bonds is 7. The van der Waals surface area contributed by atoms with Crippen LogP contribution in [0, 0.1) is 0 Å². The molecule has 0 bridgehead atoms. The SMILES string of the molecule is C=CC(=O)N1CCC(c2nn(C(F)F)cc2-c2cnc(N)c3c(-c4ccc(C(=O)Nc5ccccc5)cc4)n[nH]c23)C1. The highest BCUT2D eigenvalue weighted by molar-refractivity contribution is 6.07. The molecule has 0 saturated carbocycles. The summed E-state index contributed by atoms with van der Waals surface area (Å²) < 4.78 is 28.2. The minimum atomic E-state index is -2.85. The normalized spacial score (nSPS) is 14.9. The van der Waals surface area contributed by atoms with Gasteiger partial charge in [0.15, 0.2) is 0 Å². The third-order valence-corrected chi connectivity index (χ3v) is 7.39. The molecule has 42 heavy (non-hydrogen) atoms. The number of H-pyrrole nitrogens is 1. The van der Waals surface area contributed by atoms with Crippen molar-refractivity contribution in [3.8, 4) is 22.4 Å². The summed E-state index contributed by atoms with van der Waals surface area (Å²) in [4.78, 5) is 30.8. The van der Waals surface area contributed by atoms with Crippen LogP contribution in [-0.4, -0.2) is 54.8 Å². The van der Waals surface area contributed by atoms with Crippen LogP contribution in [0.2, 0.25) is 0 Å². The molecule has 5 aromatic rings. The van der Waals surface area contributed by atoms with Gasteiger partial charge in [-0.1, -0.05) is 36.9 Å². The number of likely N-dealkylation sites (tertiary alicyclic amines) is 1. The van der Waals surface area contributed by atoms with Crippen LogP contribution in [0.25, 0.3) is 33.3 Å². The van der Waals surface area contributed by atoms with Gasteiger partial charge >= 0.3 is 6.55 Å². The van der Waals surface area contributed by atoms with E-state index in [1.54, 1.807) is 41.3 Å². The summed E-state index contributed by atoms with van der Waals surface area (Å²) in [6.45, 7) is 1.49. The zero-order chi connectivity index (χ0) is 29.4. The number of aromatic amines is 1. The van der Waals surface area contributed by atoms with E-state index in [1.807, 2.05) is 18.2 Å². The average molecular weight is 569 g/mol. The van der Waals surface area contributed by atoms with Crippen molar-refractivity contribution in [2.45, 2.75) is 18.9 Å². The summed E-state index contributed by atoms with van der Waals surface area (Å²) in [7, 11) is 0. The molecule has 4 N–H and O–H groups in total. The van der Waals surface area contributed by atoms with Crippen molar-refractivity contribution in [2.24, 2.45) is 0 Å². The number of anilines is 2. The predicted molar refractivity (Wildman–Crippen MR) is 155 cm³/mol. The van der Waals surface area contributed by atoms with Gasteiger partial charge < -0.3 is 16.0 Å². The number of para-hydroxylation sites is 1. The number of amides is 2. The quantitative estimate of drug-likeness (QED) is 0.231. The van der Waals surface area contributed by atoms with Crippen molar-refractivity contribution in [3.05, 3.63) is 90.9 Å². The Kier molecular flexibility index (Phi) is 6.95. The molecule has 1 unspecified atom stereocenters. The second-order valence-corrected chi connectivity index (χ2v) is 9.94. The van der Waals surface area contributed by atoms with Gasteiger partial charge in [-0.15, -0.1) is 0 Å². The number of hydrogen-bond acceptors (Lipinski definition) is 6. The number of fused-ring (bicyclic) bond motifs is 1. The number of alkyl halides is 2. The number of nitrogens with one attached hydrogen (secondary N) is 2. The molecule has 212 valence electrons. The zero-order valence-corrected chi connectivity index (χ0v) is 22.3. The van der Waals surface area contributed by atoms with Crippen molar-refractivity contribution in [2.75, 3.05) is 24.1 Å². The third-order valence-electron chi connectivity index (χ3n) is 7.39. The molecule has 0 spiro atoms. The van der Waals surface area contributed by atoms with E-state index in [-0.39, 0.29) is 23.6 Å². The van der Waals surface area contributed by atoms with Gasteiger partial charge in [0, 0.05) is 59.3 Å². The van der Waals surface area contributed by atoms with E-state index in [4.69, 9.17) is 5.73 Å². The van der Waals surface area contributed by atoms with E-state index < -0.39 is 6.55 Å². The molecular weight excluding hydrogens is 542 g/mol. The predicted octanol–water partition coefficient (Wildman–Crippen LogP) is 5.22. The number of carbonyl (C=O) groups excluding carboxylic acids is 2. The largest absolute Gasteiger partial charge is 0.383 e. The molecular formula is C30H26F2N8O2. The number of carbonyl (C=O) groups is 2. The van der Waals surface area contributed by atoms with E-state index in [0.717, 1.165) is 0 Å². The van der Waals surface area contributed by atoms with Crippen molar-refractivity contribution < 1.29 is 18.4 Å². The van der Waals surface area contributed by atoms with Crippen molar-refractivity contribution in [1.82, 2.24) is 29.9 Å².